The smallest absolute Gasteiger partial charge is 0.203 e. The zero-order valence-electron chi connectivity index (χ0n) is 18.1. The van der Waals surface area contributed by atoms with Gasteiger partial charge in [-0.05, 0) is 38.9 Å². The summed E-state index contributed by atoms with van der Waals surface area (Å²) >= 11 is 0. The molecule has 0 unspecified atom stereocenters. The molecule has 0 saturated carbocycles. The number of rotatable bonds is 4. The molecule has 1 fully saturated rings. The minimum Gasteiger partial charge on any atom is -0.489 e. The van der Waals surface area contributed by atoms with E-state index in [1.165, 1.54) is 37.7 Å². The Bertz CT molecular complexity index is 1080. The van der Waals surface area contributed by atoms with Crippen LogP contribution >= 0.6 is 0 Å². The molecule has 3 aliphatic heterocycles. The zero-order valence-corrected chi connectivity index (χ0v) is 18.1. The van der Waals surface area contributed by atoms with Crippen molar-refractivity contribution in [2.24, 2.45) is 0 Å². The van der Waals surface area contributed by atoms with Crippen LogP contribution in [0.1, 0.15) is 26.2 Å². The summed E-state index contributed by atoms with van der Waals surface area (Å²) < 4.78 is 14.6. The predicted molar refractivity (Wildman–Crippen MR) is 120 cm³/mol. The molecular formula is C24H31N4O2+. The van der Waals surface area contributed by atoms with Gasteiger partial charge in [-0.3, -0.25) is 4.90 Å². The molecule has 1 aromatic carbocycles. The largest absolute Gasteiger partial charge is 0.489 e. The number of piperidine rings is 1. The highest BCUT2D eigenvalue weighted by atomic mass is 16.5. The monoisotopic (exact) mass is 407 g/mol. The Morgan fingerprint density at radius 2 is 1.93 bits per heavy atom. The minimum atomic E-state index is 0.702. The molecule has 0 N–H and O–H groups in total. The number of likely N-dealkylation sites (tertiary alicyclic amines) is 1. The molecule has 0 bridgehead atoms. The SMILES string of the molecule is CC/[N+](CCN1CCCCC1)=c1\ccc2nc3cc4c(cc3oc-2c1)N(C)CCO4. The fourth-order valence-corrected chi connectivity index (χ4v) is 4.57. The third kappa shape index (κ3) is 3.76. The zero-order chi connectivity index (χ0) is 20.5. The van der Waals surface area contributed by atoms with Crippen LogP contribution in [0.5, 0.6) is 5.75 Å². The van der Waals surface area contributed by atoms with Crippen LogP contribution in [0.3, 0.4) is 0 Å². The summed E-state index contributed by atoms with van der Waals surface area (Å²) in [5.41, 5.74) is 3.57. The molecule has 0 aromatic heterocycles. The lowest BCUT2D eigenvalue weighted by Gasteiger charge is -2.27. The number of fused-ring (bicyclic) bond motifs is 3. The molecule has 3 heterocycles. The molecule has 1 aliphatic carbocycles. The number of likely N-dealkylation sites (N-methyl/N-ethyl adjacent to an activating group) is 2. The first-order valence-electron chi connectivity index (χ1n) is 11.2. The number of aromatic nitrogens is 1. The molecule has 4 aliphatic rings. The van der Waals surface area contributed by atoms with Crippen molar-refractivity contribution in [2.75, 3.05) is 57.8 Å². The van der Waals surface area contributed by atoms with Crippen molar-refractivity contribution in [2.45, 2.75) is 26.2 Å². The van der Waals surface area contributed by atoms with Crippen molar-refractivity contribution in [1.82, 2.24) is 14.5 Å². The maximum absolute atomic E-state index is 6.31. The van der Waals surface area contributed by atoms with Crippen LogP contribution in [-0.4, -0.2) is 62.8 Å². The van der Waals surface area contributed by atoms with Crippen molar-refractivity contribution in [3.63, 3.8) is 0 Å². The third-order valence-electron chi connectivity index (χ3n) is 6.42. The topological polar surface area (TPSA) is 44.8 Å². The fourth-order valence-electron chi connectivity index (χ4n) is 4.57. The Labute approximate surface area is 177 Å². The van der Waals surface area contributed by atoms with Crippen LogP contribution in [0, 0.1) is 0 Å². The van der Waals surface area contributed by atoms with E-state index in [-0.39, 0.29) is 0 Å². The first-order valence-corrected chi connectivity index (χ1v) is 11.2. The molecule has 0 radical (unpaired) electrons. The molecule has 0 spiro atoms. The molecule has 30 heavy (non-hydrogen) atoms. The quantitative estimate of drug-likeness (QED) is 0.491. The summed E-state index contributed by atoms with van der Waals surface area (Å²) in [5, 5.41) is 1.20. The molecule has 0 amide bonds. The maximum Gasteiger partial charge on any atom is 0.203 e. The second-order valence-electron chi connectivity index (χ2n) is 8.41. The van der Waals surface area contributed by atoms with Gasteiger partial charge in [0, 0.05) is 25.2 Å². The van der Waals surface area contributed by atoms with Gasteiger partial charge in [-0.15, -0.1) is 0 Å². The number of nitrogens with zero attached hydrogens (tertiary/aromatic N) is 4. The average molecular weight is 408 g/mol. The Kier molecular flexibility index (Phi) is 5.34. The van der Waals surface area contributed by atoms with Crippen molar-refractivity contribution >= 4 is 16.8 Å². The Morgan fingerprint density at radius 1 is 1.07 bits per heavy atom. The number of anilines is 1. The average Bonchev–Trinajstić information content (AvgIpc) is 2.78. The summed E-state index contributed by atoms with van der Waals surface area (Å²) in [6.07, 6.45) is 4.06. The summed E-state index contributed by atoms with van der Waals surface area (Å²) in [4.78, 5) is 9.63. The number of hydrogen-bond acceptors (Lipinski definition) is 5. The molecule has 1 aromatic rings. The second kappa shape index (κ2) is 8.26. The van der Waals surface area contributed by atoms with Crippen LogP contribution in [0.2, 0.25) is 0 Å². The van der Waals surface area contributed by atoms with Gasteiger partial charge in [-0.1, -0.05) is 6.42 Å². The summed E-state index contributed by atoms with van der Waals surface area (Å²) in [6.45, 7) is 9.43. The van der Waals surface area contributed by atoms with Crippen molar-refractivity contribution in [1.29, 1.82) is 0 Å². The highest BCUT2D eigenvalue weighted by molar-refractivity contribution is 5.84. The highest BCUT2D eigenvalue weighted by Crippen LogP contribution is 2.36. The summed E-state index contributed by atoms with van der Waals surface area (Å²) in [5.74, 6) is 1.71. The lowest BCUT2D eigenvalue weighted by molar-refractivity contribution is 0.225. The summed E-state index contributed by atoms with van der Waals surface area (Å²) in [6, 6.07) is 10.4. The van der Waals surface area contributed by atoms with Gasteiger partial charge in [0.1, 0.15) is 30.1 Å². The molecule has 158 valence electrons. The first-order chi connectivity index (χ1) is 14.7. The second-order valence-corrected chi connectivity index (χ2v) is 8.41. The standard InChI is InChI=1S/C24H31N4O2/c1-3-28(12-11-27-9-5-4-6-10-27)18-7-8-19-22(15-18)30-23-17-21-24(16-20(23)25-19)29-14-13-26(21)2/h7-8,15-17H,3-6,9-14H2,1-2H3/q+1. The Morgan fingerprint density at radius 3 is 2.77 bits per heavy atom. The van der Waals surface area contributed by atoms with Crippen molar-refractivity contribution < 1.29 is 9.15 Å². The number of hydrogen-bond donors (Lipinski definition) is 0. The molecule has 0 atom stereocenters. The van der Waals surface area contributed by atoms with Crippen LogP contribution < -0.4 is 19.6 Å². The van der Waals surface area contributed by atoms with E-state index in [4.69, 9.17) is 14.1 Å². The fraction of sp³-hybridized carbons (Fsp3) is 0.500. The van der Waals surface area contributed by atoms with Crippen LogP contribution in [0.25, 0.3) is 22.6 Å². The molecular weight excluding hydrogens is 376 g/mol. The lowest BCUT2D eigenvalue weighted by atomic mass is 10.1. The van der Waals surface area contributed by atoms with E-state index >= 15 is 0 Å². The van der Waals surface area contributed by atoms with Crippen LogP contribution in [-0.2, 0) is 0 Å². The number of benzene rings is 2. The predicted octanol–water partition coefficient (Wildman–Crippen LogP) is 3.04. The van der Waals surface area contributed by atoms with E-state index < -0.39 is 0 Å². The number of ether oxygens (including phenoxy) is 1. The van der Waals surface area contributed by atoms with Crippen LogP contribution in [0.15, 0.2) is 34.7 Å². The van der Waals surface area contributed by atoms with Gasteiger partial charge in [0.05, 0.1) is 24.8 Å². The molecule has 5 rings (SSSR count). The maximum atomic E-state index is 6.31. The van der Waals surface area contributed by atoms with E-state index in [2.05, 4.69) is 52.6 Å². The van der Waals surface area contributed by atoms with Crippen LogP contribution in [0.4, 0.5) is 5.69 Å². The van der Waals surface area contributed by atoms with Gasteiger partial charge in [-0.25, -0.2) is 9.56 Å². The molecule has 6 heteroatoms. The minimum absolute atomic E-state index is 0.702. The van der Waals surface area contributed by atoms with E-state index in [0.717, 1.165) is 60.2 Å². The van der Waals surface area contributed by atoms with Gasteiger partial charge in [0.15, 0.2) is 17.9 Å². The van der Waals surface area contributed by atoms with E-state index in [9.17, 15) is 0 Å². The first kappa shape index (κ1) is 19.4. The highest BCUT2D eigenvalue weighted by Gasteiger charge is 2.19. The third-order valence-corrected chi connectivity index (χ3v) is 6.42. The normalized spacial score (nSPS) is 18.4. The van der Waals surface area contributed by atoms with Gasteiger partial charge in [0.25, 0.3) is 0 Å². The van der Waals surface area contributed by atoms with E-state index in [0.29, 0.717) is 6.61 Å². The van der Waals surface area contributed by atoms with Crippen molar-refractivity contribution in [3.05, 3.63) is 35.7 Å². The van der Waals surface area contributed by atoms with Gasteiger partial charge < -0.3 is 14.1 Å². The van der Waals surface area contributed by atoms with E-state index in [1.54, 1.807) is 0 Å². The van der Waals surface area contributed by atoms with Gasteiger partial charge in [0.2, 0.25) is 5.36 Å². The lowest BCUT2D eigenvalue weighted by Crippen LogP contribution is -2.39. The summed E-state index contributed by atoms with van der Waals surface area (Å²) in [7, 11) is 2.08. The van der Waals surface area contributed by atoms with Gasteiger partial charge in [-0.2, -0.15) is 0 Å². The van der Waals surface area contributed by atoms with Crippen molar-refractivity contribution in [3.8, 4) is 17.2 Å². The van der Waals surface area contributed by atoms with E-state index in [1.807, 2.05) is 6.07 Å². The molecule has 1 saturated heterocycles. The molecule has 6 nitrogen and oxygen atoms in total. The van der Waals surface area contributed by atoms with Gasteiger partial charge >= 0.3 is 0 Å². The Hall–Kier alpha value is -2.60. The Balaban J connectivity index is 1.51.